The maximum atomic E-state index is 12.4. The molecule has 1 amide bonds. The van der Waals surface area contributed by atoms with E-state index in [0.29, 0.717) is 23.6 Å². The highest BCUT2D eigenvalue weighted by Gasteiger charge is 2.10. The van der Waals surface area contributed by atoms with Crippen LogP contribution < -0.4 is 14.8 Å². The number of ether oxygens (including phenoxy) is 2. The first-order chi connectivity index (χ1) is 12.7. The Morgan fingerprint density at radius 3 is 2.27 bits per heavy atom. The molecule has 26 heavy (non-hydrogen) atoms. The molecule has 0 unspecified atom stereocenters. The lowest BCUT2D eigenvalue weighted by Crippen LogP contribution is -2.23. The second kappa shape index (κ2) is 8.11. The van der Waals surface area contributed by atoms with Gasteiger partial charge in [-0.25, -0.2) is 0 Å². The molecule has 0 fully saturated rings. The molecule has 2 heterocycles. The van der Waals surface area contributed by atoms with Crippen molar-refractivity contribution in [3.8, 4) is 22.9 Å². The van der Waals surface area contributed by atoms with Gasteiger partial charge in [0.15, 0.2) is 0 Å². The van der Waals surface area contributed by atoms with E-state index in [2.05, 4.69) is 15.3 Å². The van der Waals surface area contributed by atoms with Crippen LogP contribution in [0.3, 0.4) is 0 Å². The van der Waals surface area contributed by atoms with Crippen molar-refractivity contribution in [1.82, 2.24) is 15.3 Å². The quantitative estimate of drug-likeness (QED) is 0.740. The predicted octanol–water partition coefficient (Wildman–Crippen LogP) is 3.09. The molecule has 6 heteroatoms. The van der Waals surface area contributed by atoms with Crippen molar-refractivity contribution in [3.05, 3.63) is 72.1 Å². The highest BCUT2D eigenvalue weighted by atomic mass is 16.5. The maximum Gasteiger partial charge on any atom is 0.251 e. The smallest absolute Gasteiger partial charge is 0.251 e. The molecule has 0 aliphatic rings. The molecule has 1 N–H and O–H groups in total. The summed E-state index contributed by atoms with van der Waals surface area (Å²) in [5, 5.41) is 2.87. The molecule has 0 saturated carbocycles. The summed E-state index contributed by atoms with van der Waals surface area (Å²) >= 11 is 0. The first-order valence-corrected chi connectivity index (χ1v) is 8.07. The standard InChI is InChI=1S/C20H19N3O3/c1-25-16-9-15(10-17(11-16)26-2)20(24)23-13-14-6-7-19(22-12-14)18-5-3-4-8-21-18/h3-12H,13H2,1-2H3,(H,23,24). The normalized spacial score (nSPS) is 10.2. The van der Waals surface area contributed by atoms with E-state index < -0.39 is 0 Å². The minimum atomic E-state index is -0.212. The molecule has 0 aliphatic carbocycles. The van der Waals surface area contributed by atoms with E-state index in [1.165, 1.54) is 0 Å². The molecular formula is C20H19N3O3. The Morgan fingerprint density at radius 2 is 1.69 bits per heavy atom. The fraction of sp³-hybridized carbons (Fsp3) is 0.150. The Hall–Kier alpha value is -3.41. The van der Waals surface area contributed by atoms with Crippen LogP contribution in [0.4, 0.5) is 0 Å². The maximum absolute atomic E-state index is 12.4. The molecule has 0 saturated heterocycles. The Bertz CT molecular complexity index is 858. The average Bonchev–Trinajstić information content (AvgIpc) is 2.72. The van der Waals surface area contributed by atoms with Gasteiger partial charge < -0.3 is 14.8 Å². The second-order valence-electron chi connectivity index (χ2n) is 5.55. The van der Waals surface area contributed by atoms with E-state index in [-0.39, 0.29) is 5.91 Å². The number of benzene rings is 1. The molecule has 0 bridgehead atoms. The number of nitrogens with zero attached hydrogens (tertiary/aromatic N) is 2. The zero-order valence-electron chi connectivity index (χ0n) is 14.6. The first kappa shape index (κ1) is 17.4. The molecule has 0 atom stereocenters. The van der Waals surface area contributed by atoms with Crippen molar-refractivity contribution in [2.45, 2.75) is 6.54 Å². The zero-order chi connectivity index (χ0) is 18.4. The monoisotopic (exact) mass is 349 g/mol. The van der Waals surface area contributed by atoms with Gasteiger partial charge in [0.2, 0.25) is 0 Å². The SMILES string of the molecule is COc1cc(OC)cc(C(=O)NCc2ccc(-c3ccccn3)nc2)c1. The zero-order valence-corrected chi connectivity index (χ0v) is 14.6. The van der Waals surface area contributed by atoms with E-state index in [4.69, 9.17) is 9.47 Å². The van der Waals surface area contributed by atoms with Crippen molar-refractivity contribution in [2.75, 3.05) is 14.2 Å². The molecule has 0 radical (unpaired) electrons. The number of carbonyl (C=O) groups excluding carboxylic acids is 1. The van der Waals surface area contributed by atoms with E-state index >= 15 is 0 Å². The average molecular weight is 349 g/mol. The molecule has 2 aromatic heterocycles. The van der Waals surface area contributed by atoms with Gasteiger partial charge in [0, 0.05) is 30.6 Å². The van der Waals surface area contributed by atoms with Gasteiger partial charge in [-0.2, -0.15) is 0 Å². The van der Waals surface area contributed by atoms with Crippen LogP contribution in [0.2, 0.25) is 0 Å². The van der Waals surface area contributed by atoms with Gasteiger partial charge in [0.25, 0.3) is 5.91 Å². The summed E-state index contributed by atoms with van der Waals surface area (Å²) in [7, 11) is 3.09. The van der Waals surface area contributed by atoms with Gasteiger partial charge in [-0.1, -0.05) is 12.1 Å². The highest BCUT2D eigenvalue weighted by molar-refractivity contribution is 5.95. The molecule has 0 spiro atoms. The Balaban J connectivity index is 1.66. The first-order valence-electron chi connectivity index (χ1n) is 8.07. The third-order valence-electron chi connectivity index (χ3n) is 3.82. The van der Waals surface area contributed by atoms with Gasteiger partial charge in [-0.05, 0) is 35.9 Å². The number of amides is 1. The Labute approximate surface area is 151 Å². The summed E-state index contributed by atoms with van der Waals surface area (Å²) in [5.41, 5.74) is 2.97. The molecular weight excluding hydrogens is 330 g/mol. The Morgan fingerprint density at radius 1 is 0.962 bits per heavy atom. The van der Waals surface area contributed by atoms with Crippen LogP contribution >= 0.6 is 0 Å². The summed E-state index contributed by atoms with van der Waals surface area (Å²) in [5.74, 6) is 0.919. The molecule has 132 valence electrons. The highest BCUT2D eigenvalue weighted by Crippen LogP contribution is 2.22. The van der Waals surface area contributed by atoms with Crippen LogP contribution in [0.1, 0.15) is 15.9 Å². The molecule has 6 nitrogen and oxygen atoms in total. The molecule has 0 aliphatic heterocycles. The lowest BCUT2D eigenvalue weighted by molar-refractivity contribution is 0.0950. The molecule has 1 aromatic carbocycles. The van der Waals surface area contributed by atoms with Crippen molar-refractivity contribution < 1.29 is 14.3 Å². The van der Waals surface area contributed by atoms with Gasteiger partial charge in [-0.15, -0.1) is 0 Å². The minimum Gasteiger partial charge on any atom is -0.497 e. The number of pyridine rings is 2. The lowest BCUT2D eigenvalue weighted by Gasteiger charge is -2.09. The fourth-order valence-corrected chi connectivity index (χ4v) is 2.42. The van der Waals surface area contributed by atoms with Crippen LogP contribution in [-0.4, -0.2) is 30.1 Å². The van der Waals surface area contributed by atoms with E-state index in [9.17, 15) is 4.79 Å². The van der Waals surface area contributed by atoms with Crippen LogP contribution in [0.15, 0.2) is 60.9 Å². The van der Waals surface area contributed by atoms with Gasteiger partial charge in [0.1, 0.15) is 11.5 Å². The van der Waals surface area contributed by atoms with E-state index in [1.54, 1.807) is 44.8 Å². The lowest BCUT2D eigenvalue weighted by atomic mass is 10.1. The van der Waals surface area contributed by atoms with Crippen molar-refractivity contribution >= 4 is 5.91 Å². The van der Waals surface area contributed by atoms with Gasteiger partial charge in [-0.3, -0.25) is 14.8 Å². The fourth-order valence-electron chi connectivity index (χ4n) is 2.42. The summed E-state index contributed by atoms with van der Waals surface area (Å²) in [6, 6.07) is 14.5. The van der Waals surface area contributed by atoms with E-state index in [0.717, 1.165) is 17.0 Å². The largest absolute Gasteiger partial charge is 0.497 e. The van der Waals surface area contributed by atoms with Crippen molar-refractivity contribution in [1.29, 1.82) is 0 Å². The van der Waals surface area contributed by atoms with Crippen molar-refractivity contribution in [2.24, 2.45) is 0 Å². The topological polar surface area (TPSA) is 73.3 Å². The Kier molecular flexibility index (Phi) is 5.43. The summed E-state index contributed by atoms with van der Waals surface area (Å²) in [6.45, 7) is 0.369. The minimum absolute atomic E-state index is 0.212. The summed E-state index contributed by atoms with van der Waals surface area (Å²) < 4.78 is 10.4. The number of carbonyl (C=O) groups is 1. The van der Waals surface area contributed by atoms with Crippen LogP contribution in [-0.2, 0) is 6.54 Å². The van der Waals surface area contributed by atoms with Crippen LogP contribution in [0, 0.1) is 0 Å². The second-order valence-corrected chi connectivity index (χ2v) is 5.55. The summed E-state index contributed by atoms with van der Waals surface area (Å²) in [4.78, 5) is 21.1. The number of rotatable bonds is 6. The molecule has 3 aromatic rings. The van der Waals surface area contributed by atoms with Crippen LogP contribution in [0.25, 0.3) is 11.4 Å². The number of aromatic nitrogens is 2. The van der Waals surface area contributed by atoms with Gasteiger partial charge in [0.05, 0.1) is 25.6 Å². The molecule has 3 rings (SSSR count). The number of hydrogen-bond donors (Lipinski definition) is 1. The third-order valence-corrected chi connectivity index (χ3v) is 3.82. The third kappa shape index (κ3) is 4.16. The predicted molar refractivity (Wildman–Crippen MR) is 98.2 cm³/mol. The summed E-state index contributed by atoms with van der Waals surface area (Å²) in [6.07, 6.45) is 3.46. The van der Waals surface area contributed by atoms with Crippen LogP contribution in [0.5, 0.6) is 11.5 Å². The number of hydrogen-bond acceptors (Lipinski definition) is 5. The number of nitrogens with one attached hydrogen (secondary N) is 1. The van der Waals surface area contributed by atoms with E-state index in [1.807, 2.05) is 30.3 Å². The van der Waals surface area contributed by atoms with Gasteiger partial charge >= 0.3 is 0 Å². The number of methoxy groups -OCH3 is 2. The van der Waals surface area contributed by atoms with Crippen molar-refractivity contribution in [3.63, 3.8) is 0 Å².